The first-order valence-electron chi connectivity index (χ1n) is 4.77. The molecule has 0 aliphatic rings. The fraction of sp³-hybridized carbons (Fsp3) is 0.250. The van der Waals surface area contributed by atoms with Crippen molar-refractivity contribution in [2.24, 2.45) is 5.73 Å². The van der Waals surface area contributed by atoms with Crippen LogP contribution in [0, 0.1) is 18.8 Å². The fourth-order valence-corrected chi connectivity index (χ4v) is 1.43. The molecule has 0 aliphatic carbocycles. The van der Waals surface area contributed by atoms with Gasteiger partial charge in [-0.15, -0.1) is 0 Å². The van der Waals surface area contributed by atoms with Crippen molar-refractivity contribution in [3.8, 4) is 11.8 Å². The van der Waals surface area contributed by atoms with Gasteiger partial charge in [0.2, 0.25) is 0 Å². The molecule has 0 aliphatic heterocycles. The third kappa shape index (κ3) is 2.53. The van der Waals surface area contributed by atoms with Gasteiger partial charge in [-0.1, -0.05) is 11.8 Å². The summed E-state index contributed by atoms with van der Waals surface area (Å²) in [4.78, 5) is 11.6. The smallest absolute Gasteiger partial charge is 0.339 e. The lowest BCUT2D eigenvalue weighted by atomic mass is 10.0. The lowest BCUT2D eigenvalue weighted by molar-refractivity contribution is 0.0599. The number of hydrogen-bond donors (Lipinski definition) is 2. The first-order valence-corrected chi connectivity index (χ1v) is 4.77. The number of anilines is 1. The number of methoxy groups -OCH3 is 1. The SMILES string of the molecule is COC(=O)c1c(C)cc(N)cc1C#CCN. The Morgan fingerprint density at radius 3 is 2.75 bits per heavy atom. The summed E-state index contributed by atoms with van der Waals surface area (Å²) >= 11 is 0. The monoisotopic (exact) mass is 218 g/mol. The van der Waals surface area contributed by atoms with Gasteiger partial charge in [0.05, 0.1) is 19.2 Å². The predicted molar refractivity (Wildman–Crippen MR) is 62.9 cm³/mol. The topological polar surface area (TPSA) is 78.3 Å². The highest BCUT2D eigenvalue weighted by Crippen LogP contribution is 2.18. The molecule has 1 aromatic carbocycles. The van der Waals surface area contributed by atoms with Gasteiger partial charge in [-0.25, -0.2) is 4.79 Å². The minimum atomic E-state index is -0.418. The Kier molecular flexibility index (Phi) is 3.92. The molecule has 0 aromatic heterocycles. The van der Waals surface area contributed by atoms with E-state index >= 15 is 0 Å². The average Bonchev–Trinajstić information content (AvgIpc) is 2.24. The molecule has 1 rings (SSSR count). The highest BCUT2D eigenvalue weighted by atomic mass is 16.5. The Labute approximate surface area is 94.6 Å². The summed E-state index contributed by atoms with van der Waals surface area (Å²) in [6.07, 6.45) is 0. The standard InChI is InChI=1S/C12H14N2O2/c1-8-6-10(14)7-9(4-3-5-13)11(8)12(15)16-2/h6-7H,5,13-14H2,1-2H3. The number of carbonyl (C=O) groups is 1. The van der Waals surface area contributed by atoms with Crippen molar-refractivity contribution in [2.75, 3.05) is 19.4 Å². The first-order chi connectivity index (χ1) is 7.60. The number of nitrogen functional groups attached to an aromatic ring is 1. The Morgan fingerprint density at radius 2 is 2.19 bits per heavy atom. The number of hydrogen-bond acceptors (Lipinski definition) is 4. The van der Waals surface area contributed by atoms with E-state index in [1.54, 1.807) is 19.1 Å². The van der Waals surface area contributed by atoms with Gasteiger partial charge in [0.25, 0.3) is 0 Å². The molecule has 0 saturated carbocycles. The van der Waals surface area contributed by atoms with Gasteiger partial charge < -0.3 is 16.2 Å². The molecule has 0 unspecified atom stereocenters. The van der Waals surface area contributed by atoms with Crippen LogP contribution in [0.3, 0.4) is 0 Å². The molecule has 16 heavy (non-hydrogen) atoms. The maximum atomic E-state index is 11.6. The molecule has 1 aromatic rings. The van der Waals surface area contributed by atoms with Crippen LogP contribution in [0.25, 0.3) is 0 Å². The zero-order valence-electron chi connectivity index (χ0n) is 9.33. The van der Waals surface area contributed by atoms with Crippen LogP contribution in [0.15, 0.2) is 12.1 Å². The lowest BCUT2D eigenvalue weighted by Crippen LogP contribution is -2.08. The van der Waals surface area contributed by atoms with Gasteiger partial charge in [-0.2, -0.15) is 0 Å². The van der Waals surface area contributed by atoms with Crippen LogP contribution in [0.1, 0.15) is 21.5 Å². The van der Waals surface area contributed by atoms with E-state index in [2.05, 4.69) is 11.8 Å². The number of esters is 1. The zero-order chi connectivity index (χ0) is 12.1. The van der Waals surface area contributed by atoms with Crippen molar-refractivity contribution in [1.29, 1.82) is 0 Å². The maximum Gasteiger partial charge on any atom is 0.339 e. The number of nitrogens with two attached hydrogens (primary N) is 2. The highest BCUT2D eigenvalue weighted by Gasteiger charge is 2.14. The molecule has 4 N–H and O–H groups in total. The first kappa shape index (κ1) is 12.1. The van der Waals surface area contributed by atoms with Gasteiger partial charge in [-0.3, -0.25) is 0 Å². The minimum Gasteiger partial charge on any atom is -0.465 e. The van der Waals surface area contributed by atoms with Crippen LogP contribution in [0.5, 0.6) is 0 Å². The highest BCUT2D eigenvalue weighted by molar-refractivity contribution is 5.94. The van der Waals surface area contributed by atoms with E-state index in [9.17, 15) is 4.79 Å². The lowest BCUT2D eigenvalue weighted by Gasteiger charge is -2.07. The quantitative estimate of drug-likeness (QED) is 0.412. The second-order valence-electron chi connectivity index (χ2n) is 3.26. The van der Waals surface area contributed by atoms with E-state index in [0.29, 0.717) is 16.8 Å². The van der Waals surface area contributed by atoms with Gasteiger partial charge >= 0.3 is 5.97 Å². The Balaban J connectivity index is 3.37. The largest absolute Gasteiger partial charge is 0.465 e. The molecule has 0 saturated heterocycles. The van der Waals surface area contributed by atoms with E-state index in [0.717, 1.165) is 5.56 Å². The third-order valence-corrected chi connectivity index (χ3v) is 2.07. The van der Waals surface area contributed by atoms with Crippen molar-refractivity contribution < 1.29 is 9.53 Å². The summed E-state index contributed by atoms with van der Waals surface area (Å²) in [7, 11) is 1.33. The van der Waals surface area contributed by atoms with Crippen molar-refractivity contribution in [3.63, 3.8) is 0 Å². The normalized spacial score (nSPS) is 9.19. The second-order valence-corrected chi connectivity index (χ2v) is 3.26. The van der Waals surface area contributed by atoms with Crippen LogP contribution in [0.4, 0.5) is 5.69 Å². The molecule has 4 nitrogen and oxygen atoms in total. The van der Waals surface area contributed by atoms with Gasteiger partial charge in [0, 0.05) is 11.3 Å². The minimum absolute atomic E-state index is 0.231. The second kappa shape index (κ2) is 5.19. The molecule has 0 spiro atoms. The van der Waals surface area contributed by atoms with Crippen molar-refractivity contribution in [3.05, 3.63) is 28.8 Å². The molecule has 84 valence electrons. The summed E-state index contributed by atoms with van der Waals surface area (Å²) in [6.45, 7) is 2.02. The van der Waals surface area contributed by atoms with E-state index in [1.807, 2.05) is 0 Å². The average molecular weight is 218 g/mol. The van der Waals surface area contributed by atoms with Crippen LogP contribution in [0.2, 0.25) is 0 Å². The van der Waals surface area contributed by atoms with Crippen molar-refractivity contribution >= 4 is 11.7 Å². The molecule has 0 heterocycles. The summed E-state index contributed by atoms with van der Waals surface area (Å²) in [5, 5.41) is 0. The Hall–Kier alpha value is -1.99. The van der Waals surface area contributed by atoms with Gasteiger partial charge in [-0.05, 0) is 24.6 Å². The molecule has 0 radical (unpaired) electrons. The van der Waals surface area contributed by atoms with Gasteiger partial charge in [0.15, 0.2) is 0 Å². The zero-order valence-corrected chi connectivity index (χ0v) is 9.33. The molecular weight excluding hydrogens is 204 g/mol. The Morgan fingerprint density at radius 1 is 1.50 bits per heavy atom. The van der Waals surface area contributed by atoms with E-state index in [1.165, 1.54) is 7.11 Å². The molecule has 0 bridgehead atoms. The van der Waals surface area contributed by atoms with Crippen LogP contribution < -0.4 is 11.5 Å². The number of carbonyl (C=O) groups excluding carboxylic acids is 1. The number of rotatable bonds is 1. The van der Waals surface area contributed by atoms with Crippen LogP contribution >= 0.6 is 0 Å². The number of aryl methyl sites for hydroxylation is 1. The van der Waals surface area contributed by atoms with Crippen LogP contribution in [-0.4, -0.2) is 19.6 Å². The molecule has 4 heteroatoms. The fourth-order valence-electron chi connectivity index (χ4n) is 1.43. The molecule has 0 fully saturated rings. The Bertz CT molecular complexity index is 470. The van der Waals surface area contributed by atoms with E-state index in [-0.39, 0.29) is 6.54 Å². The molecule has 0 amide bonds. The maximum absolute atomic E-state index is 11.6. The van der Waals surface area contributed by atoms with Crippen molar-refractivity contribution in [1.82, 2.24) is 0 Å². The van der Waals surface area contributed by atoms with Crippen LogP contribution in [-0.2, 0) is 4.74 Å². The summed E-state index contributed by atoms with van der Waals surface area (Å²) < 4.78 is 4.70. The summed E-state index contributed by atoms with van der Waals surface area (Å²) in [5.74, 6) is 5.09. The predicted octanol–water partition coefficient (Wildman–Crippen LogP) is 0.674. The molecular formula is C12H14N2O2. The summed E-state index contributed by atoms with van der Waals surface area (Å²) in [6, 6.07) is 3.35. The van der Waals surface area contributed by atoms with Crippen molar-refractivity contribution in [2.45, 2.75) is 6.92 Å². The summed E-state index contributed by atoms with van der Waals surface area (Å²) in [5.41, 5.74) is 13.3. The van der Waals surface area contributed by atoms with Gasteiger partial charge in [0.1, 0.15) is 0 Å². The van der Waals surface area contributed by atoms with E-state index < -0.39 is 5.97 Å². The van der Waals surface area contributed by atoms with E-state index in [4.69, 9.17) is 16.2 Å². The third-order valence-electron chi connectivity index (χ3n) is 2.07. The number of ether oxygens (including phenoxy) is 1. The molecule has 0 atom stereocenters. The number of benzene rings is 1.